The van der Waals surface area contributed by atoms with Crippen molar-refractivity contribution in [1.82, 2.24) is 14.9 Å². The van der Waals surface area contributed by atoms with E-state index in [1.807, 2.05) is 32.6 Å². The molecule has 1 atom stereocenters. The predicted molar refractivity (Wildman–Crippen MR) is 121 cm³/mol. The third-order valence-corrected chi connectivity index (χ3v) is 6.04. The highest BCUT2D eigenvalue weighted by Crippen LogP contribution is 2.20. The highest BCUT2D eigenvalue weighted by molar-refractivity contribution is 7.90. The molecule has 1 aliphatic rings. The first kappa shape index (κ1) is 23.8. The number of carbonyl (C=O) groups excluding carboxylic acids is 1. The molecule has 0 saturated carbocycles. The Balaban J connectivity index is 1.54. The largest absolute Gasteiger partial charge is 0.486 e. The van der Waals surface area contributed by atoms with Crippen LogP contribution < -0.4 is 9.64 Å². The number of sulfone groups is 1. The molecule has 1 aromatic heterocycles. The summed E-state index contributed by atoms with van der Waals surface area (Å²) < 4.78 is 34.3. The maximum atomic E-state index is 12.4. The second-order valence-corrected chi connectivity index (χ2v) is 10.9. The van der Waals surface area contributed by atoms with E-state index >= 15 is 0 Å². The lowest BCUT2D eigenvalue weighted by Crippen LogP contribution is -2.55. The third-order valence-electron chi connectivity index (χ3n) is 4.91. The fraction of sp³-hybridized carbons (Fsp3) is 0.500. The van der Waals surface area contributed by atoms with E-state index in [0.29, 0.717) is 31.3 Å². The number of piperazine rings is 1. The van der Waals surface area contributed by atoms with Gasteiger partial charge in [-0.2, -0.15) is 0 Å². The molecule has 1 unspecified atom stereocenters. The highest BCUT2D eigenvalue weighted by Gasteiger charge is 2.31. The molecule has 0 N–H and O–H groups in total. The zero-order valence-electron chi connectivity index (χ0n) is 19.1. The fourth-order valence-corrected chi connectivity index (χ4v) is 3.91. The number of nitrogens with zero attached hydrogens (tertiary/aromatic N) is 4. The minimum Gasteiger partial charge on any atom is -0.486 e. The first-order valence-electron chi connectivity index (χ1n) is 10.4. The van der Waals surface area contributed by atoms with Crippen molar-refractivity contribution in [1.29, 1.82) is 0 Å². The van der Waals surface area contributed by atoms with Gasteiger partial charge in [0.25, 0.3) is 0 Å². The molecule has 1 fully saturated rings. The molecule has 3 rings (SSSR count). The van der Waals surface area contributed by atoms with Crippen LogP contribution in [0.1, 0.15) is 33.3 Å². The van der Waals surface area contributed by atoms with Gasteiger partial charge in [-0.05, 0) is 45.4 Å². The van der Waals surface area contributed by atoms with E-state index in [0.717, 1.165) is 5.56 Å². The van der Waals surface area contributed by atoms with Crippen LogP contribution in [0.5, 0.6) is 5.75 Å². The van der Waals surface area contributed by atoms with Gasteiger partial charge < -0.3 is 19.3 Å². The van der Waals surface area contributed by atoms with E-state index in [4.69, 9.17) is 9.47 Å². The zero-order valence-corrected chi connectivity index (χ0v) is 19.9. The monoisotopic (exact) mass is 462 g/mol. The van der Waals surface area contributed by atoms with Crippen molar-refractivity contribution in [2.24, 2.45) is 0 Å². The molecule has 2 aromatic rings. The topological polar surface area (TPSA) is 102 Å². The SMILES string of the molecule is CC1CN(c2ncc(OCc3ccc(S(C)(=O)=O)cc3)cn2)CCN1C(=O)OC(C)(C)C. The van der Waals surface area contributed by atoms with Crippen LogP contribution in [0.15, 0.2) is 41.6 Å². The Kier molecular flexibility index (Phi) is 6.92. The van der Waals surface area contributed by atoms with Crippen molar-refractivity contribution in [3.05, 3.63) is 42.2 Å². The van der Waals surface area contributed by atoms with Crippen LogP contribution in [0.4, 0.5) is 10.7 Å². The molecule has 2 heterocycles. The molecule has 1 aromatic carbocycles. The molecule has 1 aliphatic heterocycles. The van der Waals surface area contributed by atoms with Crippen molar-refractivity contribution in [3.8, 4) is 5.75 Å². The molecule has 0 aliphatic carbocycles. The second-order valence-electron chi connectivity index (χ2n) is 8.89. The number of benzene rings is 1. The molecule has 10 heteroatoms. The van der Waals surface area contributed by atoms with Crippen LogP contribution >= 0.6 is 0 Å². The Morgan fingerprint density at radius 3 is 2.28 bits per heavy atom. The molecule has 1 amide bonds. The van der Waals surface area contributed by atoms with E-state index in [1.54, 1.807) is 41.6 Å². The molecule has 1 saturated heterocycles. The Morgan fingerprint density at radius 1 is 1.12 bits per heavy atom. The number of rotatable bonds is 5. The Morgan fingerprint density at radius 2 is 1.75 bits per heavy atom. The molecule has 0 spiro atoms. The van der Waals surface area contributed by atoms with Crippen molar-refractivity contribution in [2.45, 2.75) is 50.8 Å². The Bertz CT molecular complexity index is 1030. The number of aromatic nitrogens is 2. The van der Waals surface area contributed by atoms with Gasteiger partial charge in [-0.15, -0.1) is 0 Å². The van der Waals surface area contributed by atoms with E-state index in [1.165, 1.54) is 6.26 Å². The zero-order chi connectivity index (χ0) is 23.5. The molecule has 174 valence electrons. The van der Waals surface area contributed by atoms with Crippen LogP contribution in [0.3, 0.4) is 0 Å². The molecular weight excluding hydrogens is 432 g/mol. The molecule has 32 heavy (non-hydrogen) atoms. The van der Waals surface area contributed by atoms with Gasteiger partial charge in [0.15, 0.2) is 15.6 Å². The summed E-state index contributed by atoms with van der Waals surface area (Å²) in [5.41, 5.74) is 0.316. The maximum Gasteiger partial charge on any atom is 0.410 e. The predicted octanol–water partition coefficient (Wildman–Crippen LogP) is 2.90. The minimum absolute atomic E-state index is 0.0342. The van der Waals surface area contributed by atoms with Gasteiger partial charge in [0.05, 0.1) is 17.3 Å². The first-order valence-corrected chi connectivity index (χ1v) is 12.3. The second kappa shape index (κ2) is 9.32. The van der Waals surface area contributed by atoms with Crippen molar-refractivity contribution < 1.29 is 22.7 Å². The lowest BCUT2D eigenvalue weighted by Gasteiger charge is -2.40. The number of carbonyl (C=O) groups is 1. The Hall–Kier alpha value is -2.88. The summed E-state index contributed by atoms with van der Waals surface area (Å²) in [4.78, 5) is 25.2. The number of hydrogen-bond acceptors (Lipinski definition) is 8. The summed E-state index contributed by atoms with van der Waals surface area (Å²) in [5.74, 6) is 1.09. The summed E-state index contributed by atoms with van der Waals surface area (Å²) in [7, 11) is -3.22. The first-order chi connectivity index (χ1) is 14.9. The summed E-state index contributed by atoms with van der Waals surface area (Å²) in [6.07, 6.45) is 4.09. The molecule has 0 radical (unpaired) electrons. The summed E-state index contributed by atoms with van der Waals surface area (Å²) in [5, 5.41) is 0. The van der Waals surface area contributed by atoms with Crippen LogP contribution in [-0.2, 0) is 21.2 Å². The van der Waals surface area contributed by atoms with Crippen LogP contribution in [-0.4, -0.2) is 66.9 Å². The maximum absolute atomic E-state index is 12.4. The lowest BCUT2D eigenvalue weighted by atomic mass is 10.2. The van der Waals surface area contributed by atoms with E-state index in [9.17, 15) is 13.2 Å². The van der Waals surface area contributed by atoms with Crippen LogP contribution in [0, 0.1) is 0 Å². The fourth-order valence-electron chi connectivity index (χ4n) is 3.28. The van der Waals surface area contributed by atoms with E-state index in [-0.39, 0.29) is 23.6 Å². The van der Waals surface area contributed by atoms with E-state index < -0.39 is 15.4 Å². The van der Waals surface area contributed by atoms with Gasteiger partial charge >= 0.3 is 6.09 Å². The molecular formula is C22H30N4O5S. The van der Waals surface area contributed by atoms with Gasteiger partial charge in [-0.3, -0.25) is 0 Å². The third kappa shape index (κ3) is 6.32. The summed E-state index contributed by atoms with van der Waals surface area (Å²) in [6.45, 7) is 9.56. The summed E-state index contributed by atoms with van der Waals surface area (Å²) in [6, 6.07) is 6.53. The van der Waals surface area contributed by atoms with Gasteiger partial charge in [-0.25, -0.2) is 23.2 Å². The van der Waals surface area contributed by atoms with Gasteiger partial charge in [0, 0.05) is 31.9 Å². The number of amides is 1. The minimum atomic E-state index is -3.22. The van der Waals surface area contributed by atoms with E-state index in [2.05, 4.69) is 9.97 Å². The average molecular weight is 463 g/mol. The normalized spacial score (nSPS) is 17.2. The van der Waals surface area contributed by atoms with Crippen molar-refractivity contribution in [3.63, 3.8) is 0 Å². The number of ether oxygens (including phenoxy) is 2. The summed E-state index contributed by atoms with van der Waals surface area (Å²) >= 11 is 0. The van der Waals surface area contributed by atoms with Gasteiger partial charge in [0.2, 0.25) is 5.95 Å². The lowest BCUT2D eigenvalue weighted by molar-refractivity contribution is 0.0158. The van der Waals surface area contributed by atoms with Gasteiger partial charge in [0.1, 0.15) is 12.2 Å². The highest BCUT2D eigenvalue weighted by atomic mass is 32.2. The smallest absolute Gasteiger partial charge is 0.410 e. The average Bonchev–Trinajstić information content (AvgIpc) is 2.71. The molecule has 0 bridgehead atoms. The Labute approximate surface area is 189 Å². The number of anilines is 1. The standard InChI is InChI=1S/C22H30N4O5S/c1-16-14-25(10-11-26(16)21(27)31-22(2,3)4)20-23-12-18(13-24-20)30-15-17-6-8-19(9-7-17)32(5,28)29/h6-9,12-13,16H,10-11,14-15H2,1-5H3. The number of hydrogen-bond donors (Lipinski definition) is 0. The van der Waals surface area contributed by atoms with Crippen LogP contribution in [0.2, 0.25) is 0 Å². The van der Waals surface area contributed by atoms with Crippen LogP contribution in [0.25, 0.3) is 0 Å². The quantitative estimate of drug-likeness (QED) is 0.668. The van der Waals surface area contributed by atoms with Crippen molar-refractivity contribution in [2.75, 3.05) is 30.8 Å². The molecule has 9 nitrogen and oxygen atoms in total. The van der Waals surface area contributed by atoms with Crippen molar-refractivity contribution >= 4 is 21.9 Å². The van der Waals surface area contributed by atoms with Gasteiger partial charge in [-0.1, -0.05) is 12.1 Å².